The molecule has 0 bridgehead atoms. The summed E-state index contributed by atoms with van der Waals surface area (Å²) in [6.07, 6.45) is 1.63. The molecule has 5 rings (SSSR count). The van der Waals surface area contributed by atoms with Crippen molar-refractivity contribution in [1.29, 1.82) is 0 Å². The van der Waals surface area contributed by atoms with E-state index in [0.29, 0.717) is 53.2 Å². The number of hydrogen-bond donors (Lipinski definition) is 1. The van der Waals surface area contributed by atoms with Crippen LogP contribution in [0.3, 0.4) is 0 Å². The van der Waals surface area contributed by atoms with Gasteiger partial charge in [-0.1, -0.05) is 72.8 Å². The number of ketones is 1. The van der Waals surface area contributed by atoms with Gasteiger partial charge in [-0.3, -0.25) is 4.79 Å². The standard InChI is InChI=1S/C33H33NO5/c1-21-29(33(36)39-18-17-22-11-6-4-7-12-22)30(25-15-10-16-28(37-2)32(25)38-3)31-26(34-21)19-24(20-27(31)35)23-13-8-5-9-14-23/h4-16,24,30,34H,17-20H2,1-3H3/t24-,30+/m1/s1. The van der Waals surface area contributed by atoms with Crippen LogP contribution in [0.4, 0.5) is 0 Å². The van der Waals surface area contributed by atoms with Crippen LogP contribution in [0.15, 0.2) is 101 Å². The van der Waals surface area contributed by atoms with E-state index in [1.54, 1.807) is 20.3 Å². The van der Waals surface area contributed by atoms with Crippen LogP contribution < -0.4 is 14.8 Å². The van der Waals surface area contributed by atoms with Crippen molar-refractivity contribution in [2.45, 2.75) is 38.0 Å². The highest BCUT2D eigenvalue weighted by atomic mass is 16.5. The first-order valence-corrected chi connectivity index (χ1v) is 13.2. The summed E-state index contributed by atoms with van der Waals surface area (Å²) >= 11 is 0. The van der Waals surface area contributed by atoms with Crippen LogP contribution in [-0.2, 0) is 20.7 Å². The van der Waals surface area contributed by atoms with Crippen molar-refractivity contribution in [2.75, 3.05) is 20.8 Å². The summed E-state index contributed by atoms with van der Waals surface area (Å²) in [7, 11) is 3.14. The van der Waals surface area contributed by atoms with Crippen molar-refractivity contribution in [3.8, 4) is 11.5 Å². The first kappa shape index (κ1) is 26.3. The second-order valence-corrected chi connectivity index (χ2v) is 9.88. The van der Waals surface area contributed by atoms with E-state index in [1.807, 2.05) is 67.6 Å². The number of benzene rings is 3. The zero-order valence-corrected chi connectivity index (χ0v) is 22.5. The lowest BCUT2D eigenvalue weighted by Gasteiger charge is -2.37. The summed E-state index contributed by atoms with van der Waals surface area (Å²) in [5.41, 5.74) is 5.44. The van der Waals surface area contributed by atoms with E-state index < -0.39 is 11.9 Å². The van der Waals surface area contributed by atoms with Gasteiger partial charge in [0, 0.05) is 35.4 Å². The maximum atomic E-state index is 13.9. The molecule has 200 valence electrons. The average molecular weight is 524 g/mol. The first-order valence-electron chi connectivity index (χ1n) is 13.2. The van der Waals surface area contributed by atoms with E-state index in [9.17, 15) is 9.59 Å². The van der Waals surface area contributed by atoms with E-state index in [4.69, 9.17) is 14.2 Å². The van der Waals surface area contributed by atoms with Gasteiger partial charge in [0.05, 0.1) is 32.3 Å². The van der Waals surface area contributed by atoms with Gasteiger partial charge in [-0.05, 0) is 36.5 Å². The Bertz CT molecular complexity index is 1420. The SMILES string of the molecule is COc1cccc([C@H]2C(C(=O)OCCc3ccccc3)=C(C)NC3=C2C(=O)C[C@H](c2ccccc2)C3)c1OC. The van der Waals surface area contributed by atoms with Crippen LogP contribution in [0.25, 0.3) is 0 Å². The Balaban J connectivity index is 1.53. The highest BCUT2D eigenvalue weighted by Gasteiger charge is 2.42. The quantitative estimate of drug-likeness (QED) is 0.374. The van der Waals surface area contributed by atoms with Crippen molar-refractivity contribution in [1.82, 2.24) is 5.32 Å². The molecule has 6 heteroatoms. The molecule has 0 radical (unpaired) electrons. The molecule has 6 nitrogen and oxygen atoms in total. The molecule has 0 saturated heterocycles. The number of rotatable bonds is 8. The number of allylic oxidation sites excluding steroid dienone is 3. The van der Waals surface area contributed by atoms with Gasteiger partial charge in [0.25, 0.3) is 0 Å². The molecule has 0 saturated carbocycles. The smallest absolute Gasteiger partial charge is 0.336 e. The Labute approximate surface area is 229 Å². The predicted octanol–water partition coefficient (Wildman–Crippen LogP) is 5.85. The van der Waals surface area contributed by atoms with Gasteiger partial charge >= 0.3 is 5.97 Å². The van der Waals surface area contributed by atoms with E-state index in [-0.39, 0.29) is 18.3 Å². The van der Waals surface area contributed by atoms with Crippen molar-refractivity contribution in [2.24, 2.45) is 0 Å². The number of ether oxygens (including phenoxy) is 3. The minimum Gasteiger partial charge on any atom is -0.493 e. The Morgan fingerprint density at radius 2 is 1.62 bits per heavy atom. The Hall–Kier alpha value is -4.32. The predicted molar refractivity (Wildman–Crippen MR) is 150 cm³/mol. The Morgan fingerprint density at radius 1 is 0.897 bits per heavy atom. The van der Waals surface area contributed by atoms with Gasteiger partial charge in [0.15, 0.2) is 17.3 Å². The summed E-state index contributed by atoms with van der Waals surface area (Å²) in [6.45, 7) is 2.10. The fourth-order valence-corrected chi connectivity index (χ4v) is 5.70. The van der Waals surface area contributed by atoms with Gasteiger partial charge in [-0.2, -0.15) is 0 Å². The number of carbonyl (C=O) groups is 2. The summed E-state index contributed by atoms with van der Waals surface area (Å²) in [5, 5.41) is 3.42. The molecule has 39 heavy (non-hydrogen) atoms. The van der Waals surface area contributed by atoms with Crippen LogP contribution in [0, 0.1) is 0 Å². The van der Waals surface area contributed by atoms with Gasteiger partial charge < -0.3 is 19.5 Å². The molecule has 0 fully saturated rings. The number of dihydropyridines is 1. The van der Waals surface area contributed by atoms with Crippen molar-refractivity contribution in [3.05, 3.63) is 118 Å². The van der Waals surface area contributed by atoms with Crippen LogP contribution in [0.1, 0.15) is 48.3 Å². The minimum absolute atomic E-state index is 0.00885. The molecule has 2 aliphatic rings. The van der Waals surface area contributed by atoms with Crippen LogP contribution in [0.5, 0.6) is 11.5 Å². The third-order valence-electron chi connectivity index (χ3n) is 7.53. The lowest BCUT2D eigenvalue weighted by atomic mass is 9.71. The van der Waals surface area contributed by atoms with Gasteiger partial charge in [0.1, 0.15) is 0 Å². The summed E-state index contributed by atoms with van der Waals surface area (Å²) in [5.74, 6) is 0.0179. The van der Waals surface area contributed by atoms with Gasteiger partial charge in [-0.15, -0.1) is 0 Å². The van der Waals surface area contributed by atoms with E-state index in [2.05, 4.69) is 17.4 Å². The summed E-state index contributed by atoms with van der Waals surface area (Å²) in [4.78, 5) is 27.6. The fraction of sp³-hybridized carbons (Fsp3) is 0.273. The molecule has 1 heterocycles. The van der Waals surface area contributed by atoms with Gasteiger partial charge in [0.2, 0.25) is 0 Å². The van der Waals surface area contributed by atoms with Gasteiger partial charge in [-0.25, -0.2) is 4.79 Å². The Morgan fingerprint density at radius 3 is 2.31 bits per heavy atom. The molecular weight excluding hydrogens is 490 g/mol. The second-order valence-electron chi connectivity index (χ2n) is 9.88. The topological polar surface area (TPSA) is 73.9 Å². The summed E-state index contributed by atoms with van der Waals surface area (Å²) < 4.78 is 17.1. The van der Waals surface area contributed by atoms with Crippen LogP contribution in [0.2, 0.25) is 0 Å². The number of esters is 1. The maximum Gasteiger partial charge on any atom is 0.336 e. The molecular formula is C33H33NO5. The first-order chi connectivity index (χ1) is 19.0. The number of hydrogen-bond acceptors (Lipinski definition) is 6. The summed E-state index contributed by atoms with van der Waals surface area (Å²) in [6, 6.07) is 25.5. The molecule has 2 atom stereocenters. The molecule has 0 unspecified atom stereocenters. The lowest BCUT2D eigenvalue weighted by Crippen LogP contribution is -2.36. The van der Waals surface area contributed by atoms with E-state index in [0.717, 1.165) is 16.8 Å². The van der Waals surface area contributed by atoms with E-state index >= 15 is 0 Å². The third kappa shape index (κ3) is 5.32. The zero-order valence-electron chi connectivity index (χ0n) is 22.5. The number of methoxy groups -OCH3 is 2. The molecule has 1 aliphatic carbocycles. The molecule has 0 spiro atoms. The average Bonchev–Trinajstić information content (AvgIpc) is 2.96. The molecule has 0 aromatic heterocycles. The fourth-order valence-electron chi connectivity index (χ4n) is 5.70. The van der Waals surface area contributed by atoms with Crippen LogP contribution >= 0.6 is 0 Å². The van der Waals surface area contributed by atoms with Crippen molar-refractivity contribution >= 4 is 11.8 Å². The number of nitrogens with one attached hydrogen (secondary N) is 1. The van der Waals surface area contributed by atoms with Crippen molar-refractivity contribution < 1.29 is 23.8 Å². The molecule has 3 aromatic rings. The molecule has 0 amide bonds. The minimum atomic E-state index is -0.639. The van der Waals surface area contributed by atoms with Crippen LogP contribution in [-0.4, -0.2) is 32.6 Å². The number of carbonyl (C=O) groups excluding carboxylic acids is 2. The molecule has 1 aliphatic heterocycles. The maximum absolute atomic E-state index is 13.9. The highest BCUT2D eigenvalue weighted by molar-refractivity contribution is 6.04. The lowest BCUT2D eigenvalue weighted by molar-refractivity contribution is -0.139. The van der Waals surface area contributed by atoms with E-state index in [1.165, 1.54) is 0 Å². The highest BCUT2D eigenvalue weighted by Crippen LogP contribution is 2.49. The Kier molecular flexibility index (Phi) is 7.82. The zero-order chi connectivity index (χ0) is 27.4. The largest absolute Gasteiger partial charge is 0.493 e. The second kappa shape index (κ2) is 11.6. The third-order valence-corrected chi connectivity index (χ3v) is 7.53. The molecule has 1 N–H and O–H groups in total. The number of para-hydroxylation sites is 1. The molecule has 3 aromatic carbocycles. The van der Waals surface area contributed by atoms with Crippen molar-refractivity contribution in [3.63, 3.8) is 0 Å². The number of Topliss-reactive ketones (excluding diaryl/α,β-unsaturated/α-hetero) is 1. The normalized spacial score (nSPS) is 18.8. The monoisotopic (exact) mass is 523 g/mol.